The maximum Gasteiger partial charge on any atom is 0.347 e. The van der Waals surface area contributed by atoms with Gasteiger partial charge in [-0.05, 0) is 55.3 Å². The predicted octanol–water partition coefficient (Wildman–Crippen LogP) is 4.81. The Balaban J connectivity index is 1.90. The molecule has 3 heterocycles. The Labute approximate surface area is 156 Å². The maximum atomic E-state index is 12.6. The number of anilines is 1. The second kappa shape index (κ2) is 5.81. The van der Waals surface area contributed by atoms with Crippen LogP contribution in [0.1, 0.15) is 53.9 Å². The van der Waals surface area contributed by atoms with Crippen molar-refractivity contribution in [3.63, 3.8) is 0 Å². The van der Waals surface area contributed by atoms with Crippen molar-refractivity contribution in [2.24, 2.45) is 0 Å². The van der Waals surface area contributed by atoms with E-state index in [1.165, 1.54) is 16.9 Å². The Morgan fingerprint density at radius 1 is 1.31 bits per heavy atom. The van der Waals surface area contributed by atoms with E-state index in [1.54, 1.807) is 18.2 Å². The van der Waals surface area contributed by atoms with Gasteiger partial charge in [-0.3, -0.25) is 4.79 Å². The van der Waals surface area contributed by atoms with E-state index in [2.05, 4.69) is 38.8 Å². The highest BCUT2D eigenvalue weighted by molar-refractivity contribution is 7.12. The molecule has 4 nitrogen and oxygen atoms in total. The van der Waals surface area contributed by atoms with E-state index < -0.39 is 5.63 Å². The van der Waals surface area contributed by atoms with Crippen LogP contribution in [0.5, 0.6) is 0 Å². The molecule has 0 saturated carbocycles. The molecule has 0 spiro atoms. The molecule has 1 unspecified atom stereocenters. The fourth-order valence-electron chi connectivity index (χ4n) is 3.88. The molecule has 0 saturated heterocycles. The molecule has 0 amide bonds. The molecular formula is C21H21NO3S. The summed E-state index contributed by atoms with van der Waals surface area (Å²) in [5.41, 5.74) is 2.38. The van der Waals surface area contributed by atoms with Crippen molar-refractivity contribution in [2.45, 2.75) is 38.6 Å². The zero-order valence-electron chi connectivity index (χ0n) is 15.3. The predicted molar refractivity (Wildman–Crippen MR) is 106 cm³/mol. The molecule has 5 heteroatoms. The van der Waals surface area contributed by atoms with Crippen LogP contribution in [0, 0.1) is 0 Å². The molecular weight excluding hydrogens is 346 g/mol. The van der Waals surface area contributed by atoms with Crippen molar-refractivity contribution in [3.8, 4) is 0 Å². The summed E-state index contributed by atoms with van der Waals surface area (Å²) in [4.78, 5) is 27.8. The minimum atomic E-state index is -0.582. The van der Waals surface area contributed by atoms with Crippen LogP contribution in [0.15, 0.2) is 44.9 Å². The van der Waals surface area contributed by atoms with E-state index in [0.29, 0.717) is 16.4 Å². The number of nitrogens with zero attached hydrogens (tertiary/aromatic N) is 1. The van der Waals surface area contributed by atoms with Crippen molar-refractivity contribution >= 4 is 33.8 Å². The van der Waals surface area contributed by atoms with Crippen molar-refractivity contribution in [1.29, 1.82) is 0 Å². The highest BCUT2D eigenvalue weighted by Crippen LogP contribution is 2.43. The number of rotatable bonds is 2. The van der Waals surface area contributed by atoms with Crippen molar-refractivity contribution in [3.05, 3.63) is 62.1 Å². The first-order valence-electron chi connectivity index (χ1n) is 8.72. The lowest BCUT2D eigenvalue weighted by atomic mass is 9.80. The highest BCUT2D eigenvalue weighted by atomic mass is 32.1. The lowest BCUT2D eigenvalue weighted by Gasteiger charge is -2.45. The molecule has 0 radical (unpaired) electrons. The van der Waals surface area contributed by atoms with Crippen LogP contribution in [0.4, 0.5) is 5.69 Å². The number of thiophene rings is 1. The number of fused-ring (bicyclic) bond motifs is 2. The summed E-state index contributed by atoms with van der Waals surface area (Å²) in [6, 6.07) is 9.20. The van der Waals surface area contributed by atoms with E-state index >= 15 is 0 Å². The standard InChI is InChI=1S/C21H21NO3S/c1-12-11-21(2,3)22(4)16-10-17-13(8-14(12)16)9-15(20(24)25-17)19(23)18-6-5-7-26-18/h5-10,12H,11H2,1-4H3. The third-order valence-corrected chi connectivity index (χ3v) is 6.35. The van der Waals surface area contributed by atoms with Gasteiger partial charge in [-0.2, -0.15) is 0 Å². The Kier molecular flexibility index (Phi) is 3.81. The van der Waals surface area contributed by atoms with Crippen LogP contribution >= 0.6 is 11.3 Å². The Hall–Kier alpha value is -2.40. The number of hydrogen-bond donors (Lipinski definition) is 0. The van der Waals surface area contributed by atoms with Crippen molar-refractivity contribution in [2.75, 3.05) is 11.9 Å². The number of hydrogen-bond acceptors (Lipinski definition) is 5. The summed E-state index contributed by atoms with van der Waals surface area (Å²) in [5.74, 6) is 0.114. The largest absolute Gasteiger partial charge is 0.422 e. The quantitative estimate of drug-likeness (QED) is 0.482. The molecule has 4 rings (SSSR count). The summed E-state index contributed by atoms with van der Waals surface area (Å²) >= 11 is 1.33. The van der Waals surface area contributed by atoms with Crippen LogP contribution in [0.2, 0.25) is 0 Å². The van der Waals surface area contributed by atoms with Crippen molar-refractivity contribution < 1.29 is 9.21 Å². The number of benzene rings is 1. The lowest BCUT2D eigenvalue weighted by Crippen LogP contribution is -2.45. The van der Waals surface area contributed by atoms with Gasteiger partial charge in [0.2, 0.25) is 5.78 Å². The number of ketones is 1. The maximum absolute atomic E-state index is 12.6. The monoisotopic (exact) mass is 367 g/mol. The SMILES string of the molecule is CC1CC(C)(C)N(C)c2cc3oc(=O)c(C(=O)c4cccs4)cc3cc21. The highest BCUT2D eigenvalue weighted by Gasteiger charge is 2.34. The second-order valence-corrected chi connectivity index (χ2v) is 8.63. The zero-order valence-corrected chi connectivity index (χ0v) is 16.1. The molecule has 3 aromatic rings. The average molecular weight is 367 g/mol. The lowest BCUT2D eigenvalue weighted by molar-refractivity contribution is 0.103. The minimum absolute atomic E-state index is 0.0372. The van der Waals surface area contributed by atoms with Gasteiger partial charge in [-0.25, -0.2) is 4.79 Å². The van der Waals surface area contributed by atoms with Crippen LogP contribution in [0.25, 0.3) is 11.0 Å². The molecule has 0 aliphatic carbocycles. The van der Waals surface area contributed by atoms with E-state index in [4.69, 9.17) is 4.42 Å². The van der Waals surface area contributed by atoms with Crippen LogP contribution in [0.3, 0.4) is 0 Å². The van der Waals surface area contributed by atoms with Crippen LogP contribution in [-0.2, 0) is 0 Å². The summed E-state index contributed by atoms with van der Waals surface area (Å²) in [6.07, 6.45) is 1.04. The summed E-state index contributed by atoms with van der Waals surface area (Å²) in [7, 11) is 2.07. The average Bonchev–Trinajstić information content (AvgIpc) is 3.12. The Morgan fingerprint density at radius 3 is 2.77 bits per heavy atom. The second-order valence-electron chi connectivity index (χ2n) is 7.68. The summed E-state index contributed by atoms with van der Waals surface area (Å²) in [5, 5.41) is 2.62. The third kappa shape index (κ3) is 2.58. The van der Waals surface area contributed by atoms with Gasteiger partial charge in [-0.15, -0.1) is 11.3 Å². The topological polar surface area (TPSA) is 50.5 Å². The third-order valence-electron chi connectivity index (χ3n) is 5.48. The normalized spacial score (nSPS) is 18.8. The van der Waals surface area contributed by atoms with E-state index in [9.17, 15) is 9.59 Å². The van der Waals surface area contributed by atoms with E-state index in [-0.39, 0.29) is 16.9 Å². The van der Waals surface area contributed by atoms with Gasteiger partial charge >= 0.3 is 5.63 Å². The first-order valence-corrected chi connectivity index (χ1v) is 9.60. The van der Waals surface area contributed by atoms with Crippen LogP contribution in [-0.4, -0.2) is 18.4 Å². The van der Waals surface area contributed by atoms with Gasteiger partial charge in [0, 0.05) is 29.7 Å². The van der Waals surface area contributed by atoms with E-state index in [0.717, 1.165) is 17.5 Å². The number of carbonyl (C=O) groups is 1. The van der Waals surface area contributed by atoms with Gasteiger partial charge < -0.3 is 9.32 Å². The molecule has 0 bridgehead atoms. The molecule has 134 valence electrons. The molecule has 1 aromatic carbocycles. The minimum Gasteiger partial charge on any atom is -0.422 e. The fourth-order valence-corrected chi connectivity index (χ4v) is 4.56. The van der Waals surface area contributed by atoms with Crippen LogP contribution < -0.4 is 10.5 Å². The van der Waals surface area contributed by atoms with Gasteiger partial charge in [0.25, 0.3) is 0 Å². The summed E-state index contributed by atoms with van der Waals surface area (Å²) < 4.78 is 5.53. The first-order chi connectivity index (χ1) is 12.3. The summed E-state index contributed by atoms with van der Waals surface area (Å²) in [6.45, 7) is 6.65. The molecule has 1 atom stereocenters. The van der Waals surface area contributed by atoms with Gasteiger partial charge in [-0.1, -0.05) is 13.0 Å². The van der Waals surface area contributed by atoms with Gasteiger partial charge in [0.1, 0.15) is 11.1 Å². The van der Waals surface area contributed by atoms with E-state index in [1.807, 2.05) is 11.4 Å². The Bertz CT molecular complexity index is 1060. The van der Waals surface area contributed by atoms with Crippen molar-refractivity contribution in [1.82, 2.24) is 0 Å². The fraction of sp³-hybridized carbons (Fsp3) is 0.333. The first kappa shape index (κ1) is 17.0. The van der Waals surface area contributed by atoms with Gasteiger partial charge in [0.15, 0.2) is 0 Å². The molecule has 0 fully saturated rings. The smallest absolute Gasteiger partial charge is 0.347 e. The molecule has 0 N–H and O–H groups in total. The Morgan fingerprint density at radius 2 is 2.08 bits per heavy atom. The molecule has 26 heavy (non-hydrogen) atoms. The molecule has 1 aliphatic heterocycles. The zero-order chi connectivity index (χ0) is 18.6. The molecule has 2 aromatic heterocycles. The van der Waals surface area contributed by atoms with Gasteiger partial charge in [0.05, 0.1) is 4.88 Å². The molecule has 1 aliphatic rings. The number of carbonyl (C=O) groups excluding carboxylic acids is 1.